The van der Waals surface area contributed by atoms with E-state index >= 15 is 0 Å². The van der Waals surface area contributed by atoms with Gasteiger partial charge >= 0.3 is 0 Å². The lowest BCUT2D eigenvalue weighted by Gasteiger charge is -2.11. The summed E-state index contributed by atoms with van der Waals surface area (Å²) in [6.07, 6.45) is 1.47. The van der Waals surface area contributed by atoms with Crippen molar-refractivity contribution in [1.82, 2.24) is 10.3 Å². The number of hydrogen-bond acceptors (Lipinski definition) is 5. The zero-order valence-electron chi connectivity index (χ0n) is 15.0. The van der Waals surface area contributed by atoms with Crippen LogP contribution in [0.4, 0.5) is 5.69 Å². The summed E-state index contributed by atoms with van der Waals surface area (Å²) >= 11 is 1.44. The molecule has 4 N–H and O–H groups in total. The highest BCUT2D eigenvalue weighted by molar-refractivity contribution is 7.09. The molecule has 0 aliphatic rings. The van der Waals surface area contributed by atoms with Crippen LogP contribution in [0.1, 0.15) is 41.3 Å². The van der Waals surface area contributed by atoms with Gasteiger partial charge in [-0.3, -0.25) is 9.59 Å². The minimum Gasteiger partial charge on any atom is -0.347 e. The van der Waals surface area contributed by atoms with Gasteiger partial charge in [-0.1, -0.05) is 26.0 Å². The minimum atomic E-state index is -0.214. The Kier molecular flexibility index (Phi) is 9.26. The number of nitrogens with one attached hydrogen (secondary N) is 2. The van der Waals surface area contributed by atoms with E-state index in [2.05, 4.69) is 15.6 Å². The van der Waals surface area contributed by atoms with Gasteiger partial charge in [0.15, 0.2) is 0 Å². The lowest BCUT2D eigenvalue weighted by atomic mass is 10.1. The fourth-order valence-electron chi connectivity index (χ4n) is 2.14. The molecule has 1 aromatic heterocycles. The molecule has 142 valence electrons. The summed E-state index contributed by atoms with van der Waals surface area (Å²) in [4.78, 5) is 28.4. The first kappa shape index (κ1) is 22.1. The van der Waals surface area contributed by atoms with Crippen LogP contribution in [0.15, 0.2) is 29.6 Å². The van der Waals surface area contributed by atoms with Crippen LogP contribution in [-0.4, -0.2) is 23.3 Å². The van der Waals surface area contributed by atoms with Gasteiger partial charge in [0.25, 0.3) is 5.91 Å². The number of thiazole rings is 1. The number of anilines is 1. The SMILES string of the molecule is CCC(C)C(=O)Nc1cccc(CNC(=O)c2csc(CCN)n2)c1.Cl. The first-order valence-electron chi connectivity index (χ1n) is 8.36. The summed E-state index contributed by atoms with van der Waals surface area (Å²) in [6.45, 7) is 4.76. The molecule has 26 heavy (non-hydrogen) atoms. The number of benzene rings is 1. The van der Waals surface area contributed by atoms with E-state index in [0.29, 0.717) is 25.2 Å². The molecule has 0 aliphatic heterocycles. The molecule has 0 spiro atoms. The Morgan fingerprint density at radius 1 is 1.35 bits per heavy atom. The van der Waals surface area contributed by atoms with Crippen LogP contribution in [0.25, 0.3) is 0 Å². The minimum absolute atomic E-state index is 0. The van der Waals surface area contributed by atoms with Gasteiger partial charge in [-0.15, -0.1) is 23.7 Å². The maximum Gasteiger partial charge on any atom is 0.271 e. The van der Waals surface area contributed by atoms with Crippen molar-refractivity contribution in [3.05, 3.63) is 45.9 Å². The van der Waals surface area contributed by atoms with Crippen molar-refractivity contribution in [3.8, 4) is 0 Å². The van der Waals surface area contributed by atoms with E-state index in [1.165, 1.54) is 11.3 Å². The lowest BCUT2D eigenvalue weighted by Crippen LogP contribution is -2.23. The molecule has 0 fully saturated rings. The van der Waals surface area contributed by atoms with Crippen LogP contribution in [-0.2, 0) is 17.8 Å². The average Bonchev–Trinajstić information content (AvgIpc) is 3.08. The molecule has 0 aliphatic carbocycles. The number of rotatable bonds is 8. The molecule has 1 atom stereocenters. The second-order valence-corrected chi connectivity index (χ2v) is 6.79. The summed E-state index contributed by atoms with van der Waals surface area (Å²) in [5.74, 6) is -0.247. The number of halogens is 1. The normalized spacial score (nSPS) is 11.3. The number of nitrogens with zero attached hydrogens (tertiary/aromatic N) is 1. The number of carbonyl (C=O) groups excluding carboxylic acids is 2. The monoisotopic (exact) mass is 396 g/mol. The molecule has 1 heterocycles. The Morgan fingerprint density at radius 3 is 2.81 bits per heavy atom. The predicted octanol–water partition coefficient (Wildman–Crippen LogP) is 2.98. The van der Waals surface area contributed by atoms with Gasteiger partial charge < -0.3 is 16.4 Å². The van der Waals surface area contributed by atoms with Crippen LogP contribution in [0, 0.1) is 5.92 Å². The van der Waals surface area contributed by atoms with Crippen molar-refractivity contribution < 1.29 is 9.59 Å². The van der Waals surface area contributed by atoms with E-state index in [-0.39, 0.29) is 30.1 Å². The van der Waals surface area contributed by atoms with Crippen molar-refractivity contribution in [2.24, 2.45) is 11.7 Å². The van der Waals surface area contributed by atoms with E-state index < -0.39 is 0 Å². The van der Waals surface area contributed by atoms with Crippen LogP contribution in [0.2, 0.25) is 0 Å². The molecule has 8 heteroatoms. The highest BCUT2D eigenvalue weighted by atomic mass is 35.5. The fourth-order valence-corrected chi connectivity index (χ4v) is 2.93. The third-order valence-corrected chi connectivity index (χ3v) is 4.76. The first-order chi connectivity index (χ1) is 12.0. The van der Waals surface area contributed by atoms with Gasteiger partial charge in [0.1, 0.15) is 5.69 Å². The molecule has 0 radical (unpaired) electrons. The molecule has 0 bridgehead atoms. The first-order valence-corrected chi connectivity index (χ1v) is 9.24. The molecule has 0 saturated carbocycles. The zero-order chi connectivity index (χ0) is 18.2. The molecule has 1 aromatic carbocycles. The summed E-state index contributed by atoms with van der Waals surface area (Å²) in [7, 11) is 0. The summed E-state index contributed by atoms with van der Waals surface area (Å²) in [5.41, 5.74) is 7.55. The maximum atomic E-state index is 12.2. The Balaban J connectivity index is 0.00000338. The van der Waals surface area contributed by atoms with Gasteiger partial charge in [-0.05, 0) is 30.7 Å². The van der Waals surface area contributed by atoms with Crippen molar-refractivity contribution in [2.45, 2.75) is 33.2 Å². The lowest BCUT2D eigenvalue weighted by molar-refractivity contribution is -0.119. The molecule has 0 saturated heterocycles. The number of nitrogens with two attached hydrogens (primary N) is 1. The van der Waals surface area contributed by atoms with Crippen molar-refractivity contribution in [2.75, 3.05) is 11.9 Å². The third kappa shape index (κ3) is 6.40. The zero-order valence-corrected chi connectivity index (χ0v) is 16.6. The van der Waals surface area contributed by atoms with Crippen molar-refractivity contribution in [1.29, 1.82) is 0 Å². The third-order valence-electron chi connectivity index (χ3n) is 3.85. The molecule has 2 rings (SSSR count). The Bertz CT molecular complexity index is 735. The van der Waals surface area contributed by atoms with E-state index in [0.717, 1.165) is 22.7 Å². The van der Waals surface area contributed by atoms with Gasteiger partial charge in [-0.25, -0.2) is 4.98 Å². The number of hydrogen-bond donors (Lipinski definition) is 3. The second-order valence-electron chi connectivity index (χ2n) is 5.85. The van der Waals surface area contributed by atoms with Crippen LogP contribution in [0.5, 0.6) is 0 Å². The molecule has 2 aromatic rings. The summed E-state index contributed by atoms with van der Waals surface area (Å²) in [6, 6.07) is 7.46. The Labute approximate surface area is 164 Å². The standard InChI is InChI=1S/C18H24N4O2S.ClH/c1-3-12(2)17(23)21-14-6-4-5-13(9-14)10-20-18(24)15-11-25-16(22-15)7-8-19;/h4-6,9,11-12H,3,7-8,10,19H2,1-2H3,(H,20,24)(H,21,23);1H. The molecular formula is C18H25ClN4O2S. The van der Waals surface area contributed by atoms with Gasteiger partial charge in [-0.2, -0.15) is 0 Å². The number of aromatic nitrogens is 1. The van der Waals surface area contributed by atoms with E-state index in [1.54, 1.807) is 5.38 Å². The van der Waals surface area contributed by atoms with E-state index in [1.807, 2.05) is 38.1 Å². The van der Waals surface area contributed by atoms with Crippen LogP contribution >= 0.6 is 23.7 Å². The van der Waals surface area contributed by atoms with Gasteiger partial charge in [0.05, 0.1) is 5.01 Å². The number of amides is 2. The quantitative estimate of drug-likeness (QED) is 0.638. The van der Waals surface area contributed by atoms with Crippen LogP contribution in [0.3, 0.4) is 0 Å². The molecule has 1 unspecified atom stereocenters. The van der Waals surface area contributed by atoms with Crippen molar-refractivity contribution >= 4 is 41.2 Å². The largest absolute Gasteiger partial charge is 0.347 e. The second kappa shape index (κ2) is 10.9. The average molecular weight is 397 g/mol. The highest BCUT2D eigenvalue weighted by Crippen LogP contribution is 2.14. The Morgan fingerprint density at radius 2 is 2.12 bits per heavy atom. The predicted molar refractivity (Wildman–Crippen MR) is 108 cm³/mol. The highest BCUT2D eigenvalue weighted by Gasteiger charge is 2.12. The Hall–Kier alpha value is -1.96. The number of carbonyl (C=O) groups is 2. The van der Waals surface area contributed by atoms with Gasteiger partial charge in [0, 0.05) is 30.0 Å². The van der Waals surface area contributed by atoms with Crippen LogP contribution < -0.4 is 16.4 Å². The topological polar surface area (TPSA) is 97.1 Å². The molecule has 2 amide bonds. The maximum absolute atomic E-state index is 12.2. The summed E-state index contributed by atoms with van der Waals surface area (Å²) < 4.78 is 0. The fraction of sp³-hybridized carbons (Fsp3) is 0.389. The van der Waals surface area contributed by atoms with Crippen molar-refractivity contribution in [3.63, 3.8) is 0 Å². The molecule has 6 nitrogen and oxygen atoms in total. The van der Waals surface area contributed by atoms with E-state index in [4.69, 9.17) is 5.73 Å². The smallest absolute Gasteiger partial charge is 0.271 e. The van der Waals surface area contributed by atoms with E-state index in [9.17, 15) is 9.59 Å². The van der Waals surface area contributed by atoms with Gasteiger partial charge in [0.2, 0.25) is 5.91 Å². The summed E-state index contributed by atoms with van der Waals surface area (Å²) in [5, 5.41) is 8.34. The molecular weight excluding hydrogens is 372 g/mol.